The molecule has 0 aliphatic rings. The summed E-state index contributed by atoms with van der Waals surface area (Å²) in [7, 11) is -3.91. The Balaban J connectivity index is 2.82. The fourth-order valence-corrected chi connectivity index (χ4v) is 3.71. The van der Waals surface area contributed by atoms with Crippen molar-refractivity contribution >= 4 is 37.9 Å². The second kappa shape index (κ2) is 7.24. The van der Waals surface area contributed by atoms with Gasteiger partial charge in [-0.1, -0.05) is 0 Å². The van der Waals surface area contributed by atoms with Crippen LogP contribution in [0.2, 0.25) is 0 Å². The van der Waals surface area contributed by atoms with Crippen molar-refractivity contribution in [2.24, 2.45) is 0 Å². The van der Waals surface area contributed by atoms with Crippen LogP contribution < -0.4 is 15.8 Å². The number of amides is 1. The Kier molecular flexibility index (Phi) is 6.23. The molecule has 1 heterocycles. The summed E-state index contributed by atoms with van der Waals surface area (Å²) in [5.41, 5.74) is 4.04. The van der Waals surface area contributed by atoms with Crippen LogP contribution in [0.25, 0.3) is 0 Å². The maximum Gasteiger partial charge on any atom is 0.407 e. The molecule has 0 atom stereocenters. The molecule has 0 aromatic carbocycles. The highest BCUT2D eigenvalue weighted by molar-refractivity contribution is 9.10. The third-order valence-electron chi connectivity index (χ3n) is 2.62. The van der Waals surface area contributed by atoms with Crippen molar-refractivity contribution in [3.63, 3.8) is 0 Å². The van der Waals surface area contributed by atoms with Gasteiger partial charge >= 0.3 is 6.09 Å². The monoisotopic (exact) mass is 422 g/mol. The van der Waals surface area contributed by atoms with E-state index in [4.69, 9.17) is 10.5 Å². The maximum absolute atomic E-state index is 12.5. The number of nitrogens with two attached hydrogens (primary N) is 1. The highest BCUT2D eigenvalue weighted by atomic mass is 79.9. The van der Waals surface area contributed by atoms with Gasteiger partial charge in [-0.15, -0.1) is 0 Å². The zero-order chi connectivity index (χ0) is 18.8. The van der Waals surface area contributed by atoms with E-state index in [9.17, 15) is 13.2 Å². The molecule has 1 aromatic heterocycles. The maximum atomic E-state index is 12.5. The lowest BCUT2D eigenvalue weighted by atomic mass is 10.1. The van der Waals surface area contributed by atoms with Crippen LogP contribution in [0.1, 0.15) is 34.6 Å². The van der Waals surface area contributed by atoms with Gasteiger partial charge in [0.1, 0.15) is 16.3 Å². The molecule has 1 amide bonds. The first-order valence-electron chi connectivity index (χ1n) is 7.14. The third kappa shape index (κ3) is 6.62. The first kappa shape index (κ1) is 20.7. The smallest absolute Gasteiger partial charge is 0.407 e. The molecule has 0 saturated carbocycles. The summed E-state index contributed by atoms with van der Waals surface area (Å²) in [5, 5.41) is 2.54. The lowest BCUT2D eigenvalue weighted by Gasteiger charge is -2.27. The van der Waals surface area contributed by atoms with Crippen molar-refractivity contribution in [2.75, 3.05) is 12.3 Å². The normalized spacial score (nSPS) is 12.8. The van der Waals surface area contributed by atoms with Crippen LogP contribution in [-0.2, 0) is 14.8 Å². The number of ether oxygens (including phenoxy) is 1. The summed E-state index contributed by atoms with van der Waals surface area (Å²) in [6.07, 6.45) is 0.780. The number of anilines is 1. The number of halogens is 1. The number of pyridine rings is 1. The van der Waals surface area contributed by atoms with Crippen LogP contribution in [0.3, 0.4) is 0 Å². The molecule has 1 aromatic rings. The van der Waals surface area contributed by atoms with Crippen molar-refractivity contribution in [1.29, 1.82) is 0 Å². The summed E-state index contributed by atoms with van der Waals surface area (Å²) in [5.74, 6) is -0.110. The van der Waals surface area contributed by atoms with Crippen LogP contribution >= 0.6 is 15.9 Å². The van der Waals surface area contributed by atoms with Gasteiger partial charge in [-0.3, -0.25) is 0 Å². The fraction of sp³-hybridized carbons (Fsp3) is 0.571. The molecule has 10 heteroatoms. The van der Waals surface area contributed by atoms with Crippen LogP contribution in [0.5, 0.6) is 0 Å². The van der Waals surface area contributed by atoms with Gasteiger partial charge in [0.25, 0.3) is 0 Å². The van der Waals surface area contributed by atoms with E-state index in [1.54, 1.807) is 34.6 Å². The number of alkyl carbamates (subject to hydrolysis) is 1. The van der Waals surface area contributed by atoms with Gasteiger partial charge in [0.2, 0.25) is 10.0 Å². The molecule has 24 heavy (non-hydrogen) atoms. The van der Waals surface area contributed by atoms with E-state index in [1.807, 2.05) is 0 Å². The highest BCUT2D eigenvalue weighted by Gasteiger charge is 2.29. The van der Waals surface area contributed by atoms with Crippen molar-refractivity contribution < 1.29 is 17.9 Å². The Morgan fingerprint density at radius 2 is 1.92 bits per heavy atom. The standard InChI is InChI=1S/C14H23BrN4O4S/c1-13(2,3)23-12(20)18-8-14(4,5)19-24(21,22)10-6-9(15)7-17-11(10)16/h6-7,19H,8H2,1-5H3,(H2,16,17)(H,18,20). The van der Waals surface area contributed by atoms with Crippen molar-refractivity contribution in [1.82, 2.24) is 15.0 Å². The van der Waals surface area contributed by atoms with Crippen LogP contribution in [0.4, 0.5) is 10.6 Å². The SMILES string of the molecule is CC(C)(CNC(=O)OC(C)(C)C)NS(=O)(=O)c1cc(Br)cnc1N. The predicted molar refractivity (Wildman–Crippen MR) is 95.0 cm³/mol. The van der Waals surface area contributed by atoms with Crippen LogP contribution in [0.15, 0.2) is 21.6 Å². The molecular weight excluding hydrogens is 400 g/mol. The summed E-state index contributed by atoms with van der Waals surface area (Å²) < 4.78 is 33.1. The van der Waals surface area contributed by atoms with Crippen molar-refractivity contribution in [3.8, 4) is 0 Å². The molecule has 8 nitrogen and oxygen atoms in total. The molecule has 0 radical (unpaired) electrons. The minimum absolute atomic E-state index is 0.0302. The van der Waals surface area contributed by atoms with Gasteiger partial charge in [-0.25, -0.2) is 22.9 Å². The summed E-state index contributed by atoms with van der Waals surface area (Å²) in [6, 6.07) is 1.36. The predicted octanol–water partition coefficient (Wildman–Crippen LogP) is 2.01. The van der Waals surface area contributed by atoms with E-state index >= 15 is 0 Å². The topological polar surface area (TPSA) is 123 Å². The van der Waals surface area contributed by atoms with Gasteiger partial charge in [-0.2, -0.15) is 0 Å². The minimum atomic E-state index is -3.91. The zero-order valence-electron chi connectivity index (χ0n) is 14.3. The lowest BCUT2D eigenvalue weighted by molar-refractivity contribution is 0.0516. The summed E-state index contributed by atoms with van der Waals surface area (Å²) in [4.78, 5) is 15.4. The van der Waals surface area contributed by atoms with Gasteiger partial charge in [-0.05, 0) is 56.6 Å². The molecule has 0 bridgehead atoms. The average Bonchev–Trinajstić information content (AvgIpc) is 2.36. The average molecular weight is 423 g/mol. The third-order valence-corrected chi connectivity index (χ3v) is 4.78. The number of nitrogen functional groups attached to an aromatic ring is 1. The molecule has 0 spiro atoms. The number of hydrogen-bond acceptors (Lipinski definition) is 6. The van der Waals surface area contributed by atoms with E-state index < -0.39 is 27.3 Å². The summed E-state index contributed by atoms with van der Waals surface area (Å²) in [6.45, 7) is 8.51. The molecule has 1 rings (SSSR count). The van der Waals surface area contributed by atoms with E-state index in [0.717, 1.165) is 0 Å². The Morgan fingerprint density at radius 3 is 2.46 bits per heavy atom. The Labute approximate surface area is 150 Å². The number of aromatic nitrogens is 1. The zero-order valence-corrected chi connectivity index (χ0v) is 16.7. The number of carbonyl (C=O) groups excluding carboxylic acids is 1. The minimum Gasteiger partial charge on any atom is -0.444 e. The largest absolute Gasteiger partial charge is 0.444 e. The number of nitrogens with one attached hydrogen (secondary N) is 2. The van der Waals surface area contributed by atoms with Crippen molar-refractivity contribution in [3.05, 3.63) is 16.7 Å². The van der Waals surface area contributed by atoms with E-state index in [1.165, 1.54) is 12.3 Å². The molecule has 0 saturated heterocycles. The first-order chi connectivity index (χ1) is 10.7. The second-order valence-electron chi connectivity index (χ2n) is 6.88. The summed E-state index contributed by atoms with van der Waals surface area (Å²) >= 11 is 3.16. The Morgan fingerprint density at radius 1 is 1.33 bits per heavy atom. The van der Waals surface area contributed by atoms with Gasteiger partial charge in [0.15, 0.2) is 0 Å². The van der Waals surface area contributed by atoms with Gasteiger partial charge in [0.05, 0.1) is 0 Å². The second-order valence-corrected chi connectivity index (χ2v) is 9.45. The van der Waals surface area contributed by atoms with Gasteiger partial charge < -0.3 is 15.8 Å². The fourth-order valence-electron chi connectivity index (χ4n) is 1.71. The number of rotatable bonds is 5. The van der Waals surface area contributed by atoms with Crippen LogP contribution in [0, 0.1) is 0 Å². The number of sulfonamides is 1. The van der Waals surface area contributed by atoms with Crippen LogP contribution in [-0.4, -0.2) is 37.2 Å². The molecular formula is C14H23BrN4O4S. The molecule has 0 unspecified atom stereocenters. The number of carbonyl (C=O) groups is 1. The van der Waals surface area contributed by atoms with E-state index in [-0.39, 0.29) is 17.3 Å². The van der Waals surface area contributed by atoms with Crippen molar-refractivity contribution in [2.45, 2.75) is 50.7 Å². The molecule has 0 aliphatic heterocycles. The van der Waals surface area contributed by atoms with E-state index in [0.29, 0.717) is 4.47 Å². The quantitative estimate of drug-likeness (QED) is 0.666. The van der Waals surface area contributed by atoms with Gasteiger partial charge in [0, 0.05) is 22.8 Å². The molecule has 0 fully saturated rings. The number of hydrogen-bond donors (Lipinski definition) is 3. The lowest BCUT2D eigenvalue weighted by Crippen LogP contribution is -2.52. The van der Waals surface area contributed by atoms with E-state index in [2.05, 4.69) is 31.0 Å². The highest BCUT2D eigenvalue weighted by Crippen LogP contribution is 2.21. The first-order valence-corrected chi connectivity index (χ1v) is 9.41. The Hall–Kier alpha value is -1.39. The number of nitrogens with zero attached hydrogens (tertiary/aromatic N) is 1. The Bertz CT molecular complexity index is 714. The molecule has 4 N–H and O–H groups in total. The molecule has 136 valence electrons. The molecule has 0 aliphatic carbocycles.